The van der Waals surface area contributed by atoms with Crippen molar-refractivity contribution >= 4 is 40.2 Å². The molecule has 0 aliphatic heterocycles. The van der Waals surface area contributed by atoms with E-state index in [-0.39, 0.29) is 5.56 Å². The number of thioether (sulfide) groups is 1. The number of fused-ring (bicyclic) bond motifs is 1. The van der Waals surface area contributed by atoms with Gasteiger partial charge >= 0.3 is 0 Å². The van der Waals surface area contributed by atoms with Crippen molar-refractivity contribution in [2.45, 2.75) is 43.5 Å². The van der Waals surface area contributed by atoms with E-state index in [9.17, 15) is 9.59 Å². The number of nitrogens with two attached hydrogens (primary N) is 1. The Bertz CT molecular complexity index is 1080. The van der Waals surface area contributed by atoms with E-state index in [4.69, 9.17) is 17.3 Å². The minimum absolute atomic E-state index is 0.211. The average molecular weight is 416 g/mol. The molecule has 2 atom stereocenters. The van der Waals surface area contributed by atoms with Crippen LogP contribution in [0.25, 0.3) is 16.6 Å². The predicted molar refractivity (Wildman–Crippen MR) is 116 cm³/mol. The van der Waals surface area contributed by atoms with Gasteiger partial charge in [-0.2, -0.15) is 0 Å². The highest BCUT2D eigenvalue weighted by atomic mass is 35.5. The van der Waals surface area contributed by atoms with E-state index < -0.39 is 11.2 Å². The van der Waals surface area contributed by atoms with Gasteiger partial charge in [0.25, 0.3) is 5.56 Å². The summed E-state index contributed by atoms with van der Waals surface area (Å²) in [4.78, 5) is 29.4. The first-order chi connectivity index (χ1) is 13.3. The van der Waals surface area contributed by atoms with Crippen LogP contribution in [-0.4, -0.2) is 20.7 Å². The van der Waals surface area contributed by atoms with Gasteiger partial charge in [-0.1, -0.05) is 49.3 Å². The Morgan fingerprint density at radius 2 is 1.89 bits per heavy atom. The van der Waals surface area contributed by atoms with Crippen LogP contribution in [0, 0.1) is 0 Å². The zero-order chi connectivity index (χ0) is 20.4. The molecule has 2 aromatic carbocycles. The van der Waals surface area contributed by atoms with E-state index >= 15 is 0 Å². The summed E-state index contributed by atoms with van der Waals surface area (Å²) in [5.41, 5.74) is 7.60. The van der Waals surface area contributed by atoms with E-state index in [1.165, 1.54) is 10.1 Å². The van der Waals surface area contributed by atoms with Crippen molar-refractivity contribution in [2.24, 2.45) is 5.73 Å². The summed E-state index contributed by atoms with van der Waals surface area (Å²) in [5, 5.41) is 0.831. The molecule has 7 heteroatoms. The summed E-state index contributed by atoms with van der Waals surface area (Å²) in [5.74, 6) is -0.0320. The molecule has 28 heavy (non-hydrogen) atoms. The van der Waals surface area contributed by atoms with Crippen LogP contribution in [-0.2, 0) is 4.79 Å². The molecular formula is C21H22ClN3O2S. The smallest absolute Gasteiger partial charge is 0.266 e. The average Bonchev–Trinajstić information content (AvgIpc) is 2.67. The standard InChI is InChI=1S/C21H22ClN3O2S/c1-4-12(2)14-5-8-16(9-6-14)25-20(27)17-10-7-15(22)11-18(17)24-21(25)28-13(3)19(23)26/h5-13H,4H2,1-3H3,(H2,23,26)/t12-,13-/m1/s1. The highest BCUT2D eigenvalue weighted by molar-refractivity contribution is 8.00. The van der Waals surface area contributed by atoms with Crippen molar-refractivity contribution in [3.63, 3.8) is 0 Å². The van der Waals surface area contributed by atoms with E-state index in [1.54, 1.807) is 25.1 Å². The van der Waals surface area contributed by atoms with Crippen LogP contribution < -0.4 is 11.3 Å². The van der Waals surface area contributed by atoms with Gasteiger partial charge in [0.1, 0.15) is 0 Å². The number of nitrogens with zero attached hydrogens (tertiary/aromatic N) is 2. The van der Waals surface area contributed by atoms with Crippen molar-refractivity contribution in [1.82, 2.24) is 9.55 Å². The molecule has 3 aromatic rings. The van der Waals surface area contributed by atoms with Crippen LogP contribution >= 0.6 is 23.4 Å². The summed E-state index contributed by atoms with van der Waals surface area (Å²) in [6.07, 6.45) is 1.04. The van der Waals surface area contributed by atoms with Crippen molar-refractivity contribution in [1.29, 1.82) is 0 Å². The Balaban J connectivity index is 2.21. The Morgan fingerprint density at radius 3 is 2.50 bits per heavy atom. The molecule has 0 radical (unpaired) electrons. The SMILES string of the molecule is CC[C@@H](C)c1ccc(-n2c(S[C@H](C)C(N)=O)nc3cc(Cl)ccc3c2=O)cc1. The Morgan fingerprint density at radius 1 is 1.21 bits per heavy atom. The van der Waals surface area contributed by atoms with E-state index in [1.807, 2.05) is 24.3 Å². The van der Waals surface area contributed by atoms with Gasteiger partial charge in [0.15, 0.2) is 5.16 Å². The van der Waals surface area contributed by atoms with Crippen LogP contribution in [0.3, 0.4) is 0 Å². The fraction of sp³-hybridized carbons (Fsp3) is 0.286. The molecule has 5 nitrogen and oxygen atoms in total. The Labute approximate surface area is 172 Å². The van der Waals surface area contributed by atoms with Gasteiger partial charge in [0.05, 0.1) is 21.8 Å². The second-order valence-electron chi connectivity index (χ2n) is 6.76. The fourth-order valence-corrected chi connectivity index (χ4v) is 3.89. The number of rotatable bonds is 6. The van der Waals surface area contributed by atoms with Gasteiger partial charge in [0, 0.05) is 5.02 Å². The first kappa shape index (κ1) is 20.4. The third-order valence-corrected chi connectivity index (χ3v) is 6.12. The summed E-state index contributed by atoms with van der Waals surface area (Å²) in [6.45, 7) is 6.00. The minimum Gasteiger partial charge on any atom is -0.369 e. The number of hydrogen-bond acceptors (Lipinski definition) is 4. The number of benzene rings is 2. The third-order valence-electron chi connectivity index (χ3n) is 4.82. The highest BCUT2D eigenvalue weighted by Crippen LogP contribution is 2.27. The van der Waals surface area contributed by atoms with Crippen LogP contribution in [0.4, 0.5) is 0 Å². The summed E-state index contributed by atoms with van der Waals surface area (Å²) in [7, 11) is 0. The number of aromatic nitrogens is 2. The number of halogens is 1. The van der Waals surface area contributed by atoms with Gasteiger partial charge in [-0.15, -0.1) is 0 Å². The van der Waals surface area contributed by atoms with Crippen molar-refractivity contribution in [2.75, 3.05) is 0 Å². The highest BCUT2D eigenvalue weighted by Gasteiger charge is 2.19. The molecule has 0 spiro atoms. The molecule has 0 unspecified atom stereocenters. The second kappa shape index (κ2) is 8.37. The maximum absolute atomic E-state index is 13.2. The molecule has 1 heterocycles. The van der Waals surface area contributed by atoms with Crippen LogP contribution in [0.1, 0.15) is 38.7 Å². The molecule has 2 N–H and O–H groups in total. The Kier molecular flexibility index (Phi) is 6.10. The number of primary amides is 1. The summed E-state index contributed by atoms with van der Waals surface area (Å²) in [6, 6.07) is 12.8. The second-order valence-corrected chi connectivity index (χ2v) is 8.50. The van der Waals surface area contributed by atoms with Gasteiger partial charge in [-0.25, -0.2) is 4.98 Å². The molecule has 1 aromatic heterocycles. The minimum atomic E-state index is -0.533. The van der Waals surface area contributed by atoms with Gasteiger partial charge in [-0.3, -0.25) is 14.2 Å². The van der Waals surface area contributed by atoms with Crippen LogP contribution in [0.15, 0.2) is 52.4 Å². The molecule has 1 amide bonds. The topological polar surface area (TPSA) is 78.0 Å². The van der Waals surface area contributed by atoms with Gasteiger partial charge in [0.2, 0.25) is 5.91 Å². The first-order valence-corrected chi connectivity index (χ1v) is 10.4. The summed E-state index contributed by atoms with van der Waals surface area (Å²) >= 11 is 7.22. The molecule has 0 fully saturated rings. The van der Waals surface area contributed by atoms with Gasteiger partial charge < -0.3 is 5.73 Å². The lowest BCUT2D eigenvalue weighted by Crippen LogP contribution is -2.26. The molecule has 0 aliphatic carbocycles. The number of amides is 1. The maximum Gasteiger partial charge on any atom is 0.266 e. The Hall–Kier alpha value is -2.31. The van der Waals surface area contributed by atoms with Crippen LogP contribution in [0.5, 0.6) is 0 Å². The molecule has 3 rings (SSSR count). The number of carbonyl (C=O) groups excluding carboxylic acids is 1. The lowest BCUT2D eigenvalue weighted by molar-refractivity contribution is -0.117. The van der Waals surface area contributed by atoms with Crippen molar-refractivity contribution < 1.29 is 4.79 Å². The number of hydrogen-bond donors (Lipinski definition) is 1. The largest absolute Gasteiger partial charge is 0.369 e. The third kappa shape index (κ3) is 4.08. The molecular weight excluding hydrogens is 394 g/mol. The van der Waals surface area contributed by atoms with E-state index in [2.05, 4.69) is 18.8 Å². The van der Waals surface area contributed by atoms with Gasteiger partial charge in [-0.05, 0) is 55.2 Å². The maximum atomic E-state index is 13.2. The lowest BCUT2D eigenvalue weighted by atomic mass is 9.98. The lowest BCUT2D eigenvalue weighted by Gasteiger charge is -2.16. The quantitative estimate of drug-likeness (QED) is 0.474. The van der Waals surface area contributed by atoms with E-state index in [0.29, 0.717) is 32.7 Å². The van der Waals surface area contributed by atoms with Crippen molar-refractivity contribution in [3.05, 3.63) is 63.4 Å². The zero-order valence-electron chi connectivity index (χ0n) is 16.0. The fourth-order valence-electron chi connectivity index (χ4n) is 2.85. The monoisotopic (exact) mass is 415 g/mol. The molecule has 0 saturated heterocycles. The molecule has 0 bridgehead atoms. The molecule has 146 valence electrons. The zero-order valence-corrected chi connectivity index (χ0v) is 17.6. The summed E-state index contributed by atoms with van der Waals surface area (Å²) < 4.78 is 1.53. The van der Waals surface area contributed by atoms with Crippen LogP contribution in [0.2, 0.25) is 5.02 Å². The predicted octanol–water partition coefficient (Wildman–Crippen LogP) is 4.52. The van der Waals surface area contributed by atoms with Crippen molar-refractivity contribution in [3.8, 4) is 5.69 Å². The molecule has 0 saturated carbocycles. The van der Waals surface area contributed by atoms with E-state index in [0.717, 1.165) is 18.2 Å². The number of carbonyl (C=O) groups is 1. The normalized spacial score (nSPS) is 13.4. The first-order valence-electron chi connectivity index (χ1n) is 9.10. The molecule has 0 aliphatic rings.